The zero-order valence-corrected chi connectivity index (χ0v) is 16.7. The molecule has 1 heteroatoms. The van der Waals surface area contributed by atoms with Crippen LogP contribution in [0.3, 0.4) is 0 Å². The summed E-state index contributed by atoms with van der Waals surface area (Å²) in [5.41, 5.74) is 5.53. The minimum Gasteiger partial charge on any atom is -0.216 e. The molecule has 1 fully saturated rings. The van der Waals surface area contributed by atoms with Crippen LogP contribution in [0.2, 0.25) is 0 Å². The molecule has 1 saturated carbocycles. The molecule has 144 valence electrons. The third-order valence-electron chi connectivity index (χ3n) is 6.14. The number of hydrogen-bond donors (Lipinski definition) is 0. The van der Waals surface area contributed by atoms with Crippen molar-refractivity contribution in [3.63, 3.8) is 0 Å². The zero-order chi connectivity index (χ0) is 18.9. The Hall–Kier alpha value is -1.89. The molecular weight excluding hydrogens is 331 g/mol. The lowest BCUT2D eigenvalue weighted by molar-refractivity contribution is 0.327. The summed E-state index contributed by atoms with van der Waals surface area (Å²) in [6, 6.07) is 18.3. The third-order valence-corrected chi connectivity index (χ3v) is 6.14. The first-order chi connectivity index (χ1) is 13.3. The quantitative estimate of drug-likeness (QED) is 0.414. The number of aryl methyl sites for hydroxylation is 1. The zero-order valence-electron chi connectivity index (χ0n) is 16.7. The molecule has 0 heterocycles. The Morgan fingerprint density at radius 1 is 0.852 bits per heavy atom. The maximum atomic E-state index is 12.2. The molecule has 0 radical (unpaired) electrons. The molecule has 1 aliphatic carbocycles. The van der Waals surface area contributed by atoms with E-state index in [4.69, 9.17) is 0 Å². The molecular formula is C26H33F. The molecule has 0 spiro atoms. The van der Waals surface area contributed by atoms with Crippen LogP contribution >= 0.6 is 0 Å². The summed E-state index contributed by atoms with van der Waals surface area (Å²) in [5.74, 6) is 1.34. The highest BCUT2D eigenvalue weighted by atomic mass is 19.1. The molecule has 0 saturated heterocycles. The molecule has 2 aromatic carbocycles. The van der Waals surface area contributed by atoms with Gasteiger partial charge in [0.05, 0.1) is 6.33 Å². The van der Waals surface area contributed by atoms with Crippen LogP contribution in [0.1, 0.15) is 75.3 Å². The van der Waals surface area contributed by atoms with Gasteiger partial charge in [-0.2, -0.15) is 0 Å². The summed E-state index contributed by atoms with van der Waals surface area (Å²) >= 11 is 0. The smallest absolute Gasteiger partial charge is 0.0827 e. The summed E-state index contributed by atoms with van der Waals surface area (Å²) in [7, 11) is 0. The van der Waals surface area contributed by atoms with Gasteiger partial charge in [-0.25, -0.2) is 4.39 Å². The first-order valence-electron chi connectivity index (χ1n) is 10.7. The lowest BCUT2D eigenvalue weighted by Gasteiger charge is -2.28. The second-order valence-electron chi connectivity index (χ2n) is 8.09. The Bertz CT molecular complexity index is 688. The fraction of sp³-hybridized carbons (Fsp3) is 0.462. The highest BCUT2D eigenvalue weighted by Gasteiger charge is 2.21. The first kappa shape index (κ1) is 19.9. The van der Waals surface area contributed by atoms with Crippen molar-refractivity contribution in [3.05, 3.63) is 72.1 Å². The Labute approximate surface area is 164 Å². The van der Waals surface area contributed by atoms with E-state index in [2.05, 4.69) is 55.5 Å². The Morgan fingerprint density at radius 3 is 2.07 bits per heavy atom. The van der Waals surface area contributed by atoms with Crippen LogP contribution in [-0.4, -0.2) is 0 Å². The molecule has 0 amide bonds. The van der Waals surface area contributed by atoms with Gasteiger partial charge in [-0.1, -0.05) is 74.4 Å². The molecule has 27 heavy (non-hydrogen) atoms. The lowest BCUT2D eigenvalue weighted by Crippen LogP contribution is -2.12. The summed E-state index contributed by atoms with van der Waals surface area (Å²) in [5, 5.41) is 0. The van der Waals surface area contributed by atoms with Crippen molar-refractivity contribution in [2.75, 3.05) is 0 Å². The van der Waals surface area contributed by atoms with Crippen molar-refractivity contribution in [2.45, 2.75) is 70.6 Å². The van der Waals surface area contributed by atoms with E-state index >= 15 is 0 Å². The van der Waals surface area contributed by atoms with Crippen molar-refractivity contribution in [2.24, 2.45) is 5.92 Å². The van der Waals surface area contributed by atoms with Crippen molar-refractivity contribution in [1.82, 2.24) is 0 Å². The number of allylic oxidation sites excluding steroid dienone is 1. The van der Waals surface area contributed by atoms with E-state index in [0.29, 0.717) is 18.2 Å². The molecule has 2 aromatic rings. The second kappa shape index (κ2) is 10.4. The largest absolute Gasteiger partial charge is 0.216 e. The second-order valence-corrected chi connectivity index (χ2v) is 8.09. The van der Waals surface area contributed by atoms with E-state index < -0.39 is 0 Å². The van der Waals surface area contributed by atoms with Gasteiger partial charge in [-0.05, 0) is 79.0 Å². The number of hydrogen-bond acceptors (Lipinski definition) is 0. The van der Waals surface area contributed by atoms with Gasteiger partial charge in [0.1, 0.15) is 0 Å². The van der Waals surface area contributed by atoms with Gasteiger partial charge in [-0.15, -0.1) is 0 Å². The topological polar surface area (TPSA) is 0 Å². The maximum Gasteiger partial charge on any atom is 0.0827 e. The van der Waals surface area contributed by atoms with Crippen molar-refractivity contribution in [3.8, 4) is 11.1 Å². The van der Waals surface area contributed by atoms with Crippen LogP contribution in [0.4, 0.5) is 4.39 Å². The van der Waals surface area contributed by atoms with Gasteiger partial charge in [0.2, 0.25) is 0 Å². The van der Waals surface area contributed by atoms with Gasteiger partial charge >= 0.3 is 0 Å². The Morgan fingerprint density at radius 2 is 1.48 bits per heavy atom. The molecule has 0 aromatic heterocycles. The van der Waals surface area contributed by atoms with Crippen LogP contribution in [0.15, 0.2) is 60.9 Å². The number of halogens is 1. The van der Waals surface area contributed by atoms with Crippen LogP contribution < -0.4 is 0 Å². The van der Waals surface area contributed by atoms with E-state index in [1.165, 1.54) is 73.6 Å². The maximum absolute atomic E-state index is 12.2. The summed E-state index contributed by atoms with van der Waals surface area (Å²) in [6.45, 7) is 2.25. The van der Waals surface area contributed by atoms with Crippen LogP contribution in [0.25, 0.3) is 11.1 Å². The van der Waals surface area contributed by atoms with E-state index in [1.54, 1.807) is 6.08 Å². The fourth-order valence-corrected chi connectivity index (χ4v) is 4.37. The SMILES string of the molecule is CCCCCc1ccc(-c2ccc([C@H]3CC[C@H](CC=CF)CC3)cc2)cc1. The van der Waals surface area contributed by atoms with E-state index in [-0.39, 0.29) is 0 Å². The number of rotatable bonds is 8. The van der Waals surface area contributed by atoms with Crippen LogP contribution in [-0.2, 0) is 6.42 Å². The highest BCUT2D eigenvalue weighted by molar-refractivity contribution is 5.64. The van der Waals surface area contributed by atoms with E-state index in [0.717, 1.165) is 6.42 Å². The summed E-state index contributed by atoms with van der Waals surface area (Å²) in [6.07, 6.45) is 13.2. The van der Waals surface area contributed by atoms with Gasteiger partial charge in [0.25, 0.3) is 0 Å². The van der Waals surface area contributed by atoms with Gasteiger partial charge in [0, 0.05) is 0 Å². The predicted octanol–water partition coefficient (Wildman–Crippen LogP) is 8.23. The standard InChI is InChI=1S/C26H33F/c1-2-3-4-6-21-8-12-23(13-9-21)25-16-18-26(19-17-25)24-14-10-22(11-15-24)7-5-20-27/h5,8-9,12-13,16-20,22,24H,2-4,6-7,10-11,14-15H2,1H3/t22-,24-. The normalized spacial score (nSPS) is 20.2. The fourth-order valence-electron chi connectivity index (χ4n) is 4.37. The highest BCUT2D eigenvalue weighted by Crippen LogP contribution is 2.37. The average molecular weight is 365 g/mol. The van der Waals surface area contributed by atoms with Gasteiger partial charge in [-0.3, -0.25) is 0 Å². The first-order valence-corrected chi connectivity index (χ1v) is 10.7. The van der Waals surface area contributed by atoms with Gasteiger partial charge in [0.15, 0.2) is 0 Å². The third kappa shape index (κ3) is 5.79. The molecule has 1 aliphatic rings. The van der Waals surface area contributed by atoms with Crippen LogP contribution in [0.5, 0.6) is 0 Å². The molecule has 0 N–H and O–H groups in total. The molecule has 0 bridgehead atoms. The Kier molecular flexibility index (Phi) is 7.68. The molecule has 0 aliphatic heterocycles. The Balaban J connectivity index is 1.56. The van der Waals surface area contributed by atoms with Crippen molar-refractivity contribution < 1.29 is 4.39 Å². The van der Waals surface area contributed by atoms with E-state index in [1.807, 2.05) is 0 Å². The van der Waals surface area contributed by atoms with Crippen molar-refractivity contribution >= 4 is 0 Å². The number of unbranched alkanes of at least 4 members (excludes halogenated alkanes) is 2. The molecule has 0 atom stereocenters. The minimum absolute atomic E-state index is 0.670. The predicted molar refractivity (Wildman–Crippen MR) is 115 cm³/mol. The van der Waals surface area contributed by atoms with Crippen LogP contribution in [0, 0.1) is 5.92 Å². The van der Waals surface area contributed by atoms with E-state index in [9.17, 15) is 4.39 Å². The lowest BCUT2D eigenvalue weighted by atomic mass is 9.77. The monoisotopic (exact) mass is 364 g/mol. The summed E-state index contributed by atoms with van der Waals surface area (Å²) in [4.78, 5) is 0. The average Bonchev–Trinajstić information content (AvgIpc) is 2.73. The summed E-state index contributed by atoms with van der Waals surface area (Å²) < 4.78 is 12.2. The van der Waals surface area contributed by atoms with Crippen molar-refractivity contribution in [1.29, 1.82) is 0 Å². The molecule has 3 rings (SSSR count). The molecule has 0 unspecified atom stereocenters. The van der Waals surface area contributed by atoms with Gasteiger partial charge < -0.3 is 0 Å². The minimum atomic E-state index is 0.670. The molecule has 0 nitrogen and oxygen atoms in total. The number of benzene rings is 2.